The lowest BCUT2D eigenvalue weighted by molar-refractivity contribution is -0.120. The van der Waals surface area contributed by atoms with E-state index in [1.54, 1.807) is 13.8 Å². The van der Waals surface area contributed by atoms with Gasteiger partial charge in [-0.25, -0.2) is 8.42 Å². The van der Waals surface area contributed by atoms with Crippen molar-refractivity contribution in [3.05, 3.63) is 40.2 Å². The maximum atomic E-state index is 12.8. The third-order valence-electron chi connectivity index (χ3n) is 4.50. The molecule has 1 aliphatic heterocycles. The van der Waals surface area contributed by atoms with Crippen LogP contribution in [0.4, 0.5) is 5.69 Å². The molecule has 7 nitrogen and oxygen atoms in total. The van der Waals surface area contributed by atoms with E-state index in [0.717, 1.165) is 10.2 Å². The predicted molar refractivity (Wildman–Crippen MR) is 100 cm³/mol. The van der Waals surface area contributed by atoms with Crippen LogP contribution in [0.1, 0.15) is 24.3 Å². The molecule has 0 unspecified atom stereocenters. The number of aromatic nitrogens is 1. The summed E-state index contributed by atoms with van der Waals surface area (Å²) in [5, 5.41) is 6.61. The molecule has 0 spiro atoms. The first-order valence-corrected chi connectivity index (χ1v) is 10.5. The smallest absolute Gasteiger partial charge is 0.248 e. The van der Waals surface area contributed by atoms with Gasteiger partial charge < -0.3 is 9.84 Å². The Morgan fingerprint density at radius 2 is 1.85 bits per heavy atom. The number of nitrogens with zero attached hydrogens (tertiary/aromatic N) is 2. The van der Waals surface area contributed by atoms with E-state index in [4.69, 9.17) is 4.52 Å². The second-order valence-electron chi connectivity index (χ2n) is 6.33. The fourth-order valence-corrected chi connectivity index (χ4v) is 5.13. The molecule has 9 heteroatoms. The number of amides is 1. The maximum absolute atomic E-state index is 12.8. The number of carbonyl (C=O) groups is 1. The van der Waals surface area contributed by atoms with Gasteiger partial charge in [0, 0.05) is 29.2 Å². The van der Waals surface area contributed by atoms with Gasteiger partial charge in [-0.2, -0.15) is 4.31 Å². The minimum absolute atomic E-state index is 0.0818. The van der Waals surface area contributed by atoms with Gasteiger partial charge in [0.15, 0.2) is 5.76 Å². The maximum Gasteiger partial charge on any atom is 0.248 e. The molecule has 1 aromatic heterocycles. The molecule has 0 atom stereocenters. The minimum Gasteiger partial charge on any atom is -0.360 e. The second-order valence-corrected chi connectivity index (χ2v) is 9.12. The van der Waals surface area contributed by atoms with E-state index in [1.807, 2.05) is 24.3 Å². The van der Waals surface area contributed by atoms with E-state index in [0.29, 0.717) is 31.6 Å². The number of anilines is 1. The number of sulfonamides is 1. The van der Waals surface area contributed by atoms with Crippen LogP contribution in [0.5, 0.6) is 0 Å². The van der Waals surface area contributed by atoms with Crippen LogP contribution >= 0.6 is 15.9 Å². The van der Waals surface area contributed by atoms with Crippen molar-refractivity contribution in [3.63, 3.8) is 0 Å². The Morgan fingerprint density at radius 1 is 1.23 bits per heavy atom. The molecule has 2 heterocycles. The van der Waals surface area contributed by atoms with Crippen LogP contribution < -0.4 is 5.32 Å². The molecule has 0 aliphatic carbocycles. The highest BCUT2D eigenvalue weighted by Gasteiger charge is 2.35. The Labute approximate surface area is 160 Å². The molecule has 1 N–H and O–H groups in total. The van der Waals surface area contributed by atoms with Gasteiger partial charge in [0.1, 0.15) is 10.6 Å². The zero-order valence-corrected chi connectivity index (χ0v) is 16.9. The first-order chi connectivity index (χ1) is 12.3. The van der Waals surface area contributed by atoms with Crippen LogP contribution in [0, 0.1) is 19.8 Å². The van der Waals surface area contributed by atoms with E-state index in [-0.39, 0.29) is 22.5 Å². The van der Waals surface area contributed by atoms with Crippen LogP contribution in [0.15, 0.2) is 38.2 Å². The summed E-state index contributed by atoms with van der Waals surface area (Å²) in [6.45, 7) is 3.79. The Hall–Kier alpha value is -1.71. The quantitative estimate of drug-likeness (QED) is 0.786. The molecule has 1 amide bonds. The van der Waals surface area contributed by atoms with Gasteiger partial charge in [-0.1, -0.05) is 21.1 Å². The van der Waals surface area contributed by atoms with Crippen LogP contribution in [0.3, 0.4) is 0 Å². The van der Waals surface area contributed by atoms with E-state index in [1.165, 1.54) is 4.31 Å². The van der Waals surface area contributed by atoms with E-state index in [2.05, 4.69) is 26.4 Å². The number of hydrogen-bond acceptors (Lipinski definition) is 5. The fraction of sp³-hybridized carbons (Fsp3) is 0.412. The molecule has 1 aromatic carbocycles. The van der Waals surface area contributed by atoms with E-state index in [9.17, 15) is 13.2 Å². The van der Waals surface area contributed by atoms with Gasteiger partial charge >= 0.3 is 0 Å². The Kier molecular flexibility index (Phi) is 5.50. The molecule has 26 heavy (non-hydrogen) atoms. The first kappa shape index (κ1) is 19.1. The molecular weight excluding hydrogens is 422 g/mol. The fourth-order valence-electron chi connectivity index (χ4n) is 3.11. The molecule has 1 aliphatic rings. The highest BCUT2D eigenvalue weighted by atomic mass is 79.9. The summed E-state index contributed by atoms with van der Waals surface area (Å²) in [5.74, 6) is -0.00548. The van der Waals surface area contributed by atoms with Gasteiger partial charge in [0.2, 0.25) is 15.9 Å². The van der Waals surface area contributed by atoms with Crippen LogP contribution in [0.2, 0.25) is 0 Å². The van der Waals surface area contributed by atoms with Gasteiger partial charge in [0.25, 0.3) is 0 Å². The van der Waals surface area contributed by atoms with Crippen molar-refractivity contribution >= 4 is 37.5 Å². The summed E-state index contributed by atoms with van der Waals surface area (Å²) in [4.78, 5) is 12.6. The molecule has 140 valence electrons. The lowest BCUT2D eigenvalue weighted by atomic mass is 9.97. The number of benzene rings is 1. The number of hydrogen-bond donors (Lipinski definition) is 1. The van der Waals surface area contributed by atoms with Crippen molar-refractivity contribution in [2.24, 2.45) is 5.92 Å². The standard InChI is InChI=1S/C17H20BrN3O4S/c1-11-16(12(2)25-20-11)26(23,24)21-9-7-13(8-10-21)17(22)19-15-5-3-14(18)4-6-15/h3-6,13H,7-10H2,1-2H3,(H,19,22). The number of nitrogens with one attached hydrogen (secondary N) is 1. The van der Waals surface area contributed by atoms with Crippen molar-refractivity contribution < 1.29 is 17.7 Å². The number of carbonyl (C=O) groups excluding carboxylic acids is 1. The van der Waals surface area contributed by atoms with Crippen molar-refractivity contribution in [2.75, 3.05) is 18.4 Å². The second kappa shape index (κ2) is 7.50. The van der Waals surface area contributed by atoms with Gasteiger partial charge in [0.05, 0.1) is 0 Å². The number of rotatable bonds is 4. The third-order valence-corrected chi connectivity index (χ3v) is 7.17. The van der Waals surface area contributed by atoms with Gasteiger partial charge in [-0.3, -0.25) is 4.79 Å². The molecule has 3 rings (SSSR count). The van der Waals surface area contributed by atoms with Crippen molar-refractivity contribution in [3.8, 4) is 0 Å². The van der Waals surface area contributed by atoms with Crippen molar-refractivity contribution in [2.45, 2.75) is 31.6 Å². The molecule has 2 aromatic rings. The molecule has 1 saturated heterocycles. The molecule has 0 radical (unpaired) electrons. The Balaban J connectivity index is 1.63. The normalized spacial score (nSPS) is 16.6. The molecular formula is C17H20BrN3O4S. The SMILES string of the molecule is Cc1noc(C)c1S(=O)(=O)N1CCC(C(=O)Nc2ccc(Br)cc2)CC1. The number of aryl methyl sites for hydroxylation is 2. The topological polar surface area (TPSA) is 92.5 Å². The summed E-state index contributed by atoms with van der Waals surface area (Å²) < 4.78 is 32.9. The summed E-state index contributed by atoms with van der Waals surface area (Å²) in [5.41, 5.74) is 1.08. The largest absolute Gasteiger partial charge is 0.360 e. The average molecular weight is 442 g/mol. The summed E-state index contributed by atoms with van der Waals surface area (Å²) in [6.07, 6.45) is 0.954. The Morgan fingerprint density at radius 3 is 2.38 bits per heavy atom. The lowest BCUT2D eigenvalue weighted by Gasteiger charge is -2.30. The van der Waals surface area contributed by atoms with E-state index < -0.39 is 10.0 Å². The summed E-state index contributed by atoms with van der Waals surface area (Å²) in [6, 6.07) is 7.35. The zero-order valence-electron chi connectivity index (χ0n) is 14.5. The van der Waals surface area contributed by atoms with E-state index >= 15 is 0 Å². The minimum atomic E-state index is -3.65. The Bertz CT molecular complexity index is 881. The number of halogens is 1. The van der Waals surface area contributed by atoms with Gasteiger partial charge in [-0.05, 0) is 51.0 Å². The monoisotopic (exact) mass is 441 g/mol. The van der Waals surface area contributed by atoms with Crippen molar-refractivity contribution in [1.29, 1.82) is 0 Å². The van der Waals surface area contributed by atoms with Gasteiger partial charge in [-0.15, -0.1) is 0 Å². The van der Waals surface area contributed by atoms with Crippen LogP contribution in [-0.2, 0) is 14.8 Å². The molecule has 0 saturated carbocycles. The number of piperidine rings is 1. The molecule has 1 fully saturated rings. The first-order valence-electron chi connectivity index (χ1n) is 8.28. The van der Waals surface area contributed by atoms with Crippen LogP contribution in [0.25, 0.3) is 0 Å². The molecule has 0 bridgehead atoms. The average Bonchev–Trinajstić information content (AvgIpc) is 2.96. The van der Waals surface area contributed by atoms with Crippen molar-refractivity contribution in [1.82, 2.24) is 9.46 Å². The predicted octanol–water partition coefficient (Wildman–Crippen LogP) is 3.09. The lowest BCUT2D eigenvalue weighted by Crippen LogP contribution is -2.41. The van der Waals surface area contributed by atoms with Crippen LogP contribution in [-0.4, -0.2) is 36.9 Å². The summed E-state index contributed by atoms with van der Waals surface area (Å²) in [7, 11) is -3.65. The highest BCUT2D eigenvalue weighted by Crippen LogP contribution is 2.28. The zero-order chi connectivity index (χ0) is 18.9. The third kappa shape index (κ3) is 3.84. The highest BCUT2D eigenvalue weighted by molar-refractivity contribution is 9.10. The summed E-state index contributed by atoms with van der Waals surface area (Å²) >= 11 is 3.35.